The van der Waals surface area contributed by atoms with Gasteiger partial charge in [-0.25, -0.2) is 0 Å². The Hall–Kier alpha value is -1.30. The molecule has 1 aromatic rings. The van der Waals surface area contributed by atoms with Gasteiger partial charge in [-0.2, -0.15) is 0 Å². The van der Waals surface area contributed by atoms with Crippen LogP contribution in [0, 0.1) is 0 Å². The number of ether oxygens (including phenoxy) is 3. The summed E-state index contributed by atoms with van der Waals surface area (Å²) in [7, 11) is 3.23. The Morgan fingerprint density at radius 1 is 1.21 bits per heavy atom. The monoisotopic (exact) mass is 269 g/mol. The summed E-state index contributed by atoms with van der Waals surface area (Å²) in [5.74, 6) is 0.885. The minimum atomic E-state index is 0.0527. The highest BCUT2D eigenvalue weighted by Gasteiger charge is 2.10. The highest BCUT2D eigenvalue weighted by Crippen LogP contribution is 2.27. The van der Waals surface area contributed by atoms with Gasteiger partial charge in [-0.3, -0.25) is 0 Å². The summed E-state index contributed by atoms with van der Waals surface area (Å²) in [5, 5.41) is 13.2. The molecule has 0 saturated carbocycles. The number of nitrogens with one attached hydrogen (secondary N) is 1. The summed E-state index contributed by atoms with van der Waals surface area (Å²) in [6, 6.07) is 5.36. The van der Waals surface area contributed by atoms with E-state index in [1.807, 2.05) is 19.1 Å². The van der Waals surface area contributed by atoms with Gasteiger partial charge in [0.25, 0.3) is 0 Å². The first-order valence-corrected chi connectivity index (χ1v) is 6.36. The summed E-state index contributed by atoms with van der Waals surface area (Å²) in [4.78, 5) is 0. The van der Waals surface area contributed by atoms with Crippen molar-refractivity contribution in [3.63, 3.8) is 0 Å². The van der Waals surface area contributed by atoms with Gasteiger partial charge in [0.15, 0.2) is 0 Å². The van der Waals surface area contributed by atoms with E-state index in [-0.39, 0.29) is 11.8 Å². The SMILES string of the molecule is COCCOCCNC(C)c1ccc(OC)cc1O. The average Bonchev–Trinajstić information content (AvgIpc) is 2.42. The number of phenolic OH excluding ortho intramolecular Hbond substituents is 1. The van der Waals surface area contributed by atoms with Gasteiger partial charge in [-0.1, -0.05) is 6.07 Å². The molecule has 0 aliphatic rings. The van der Waals surface area contributed by atoms with Gasteiger partial charge in [-0.05, 0) is 13.0 Å². The largest absolute Gasteiger partial charge is 0.507 e. The molecule has 0 amide bonds. The van der Waals surface area contributed by atoms with E-state index in [1.165, 1.54) is 0 Å². The lowest BCUT2D eigenvalue weighted by Crippen LogP contribution is -2.24. The molecule has 0 saturated heterocycles. The van der Waals surface area contributed by atoms with Gasteiger partial charge in [0.2, 0.25) is 0 Å². The zero-order valence-electron chi connectivity index (χ0n) is 11.8. The number of methoxy groups -OCH3 is 2. The van der Waals surface area contributed by atoms with Crippen molar-refractivity contribution in [3.05, 3.63) is 23.8 Å². The molecular weight excluding hydrogens is 246 g/mol. The lowest BCUT2D eigenvalue weighted by molar-refractivity contribution is 0.0712. The van der Waals surface area contributed by atoms with E-state index in [1.54, 1.807) is 20.3 Å². The maximum atomic E-state index is 9.90. The van der Waals surface area contributed by atoms with E-state index in [2.05, 4.69) is 5.32 Å². The fourth-order valence-corrected chi connectivity index (χ4v) is 1.72. The van der Waals surface area contributed by atoms with Gasteiger partial charge < -0.3 is 24.6 Å². The summed E-state index contributed by atoms with van der Waals surface area (Å²) < 4.78 is 15.3. The lowest BCUT2D eigenvalue weighted by Gasteiger charge is -2.16. The molecule has 1 aromatic carbocycles. The maximum Gasteiger partial charge on any atom is 0.124 e. The van der Waals surface area contributed by atoms with E-state index < -0.39 is 0 Å². The van der Waals surface area contributed by atoms with Crippen LogP contribution < -0.4 is 10.1 Å². The molecular formula is C14H23NO4. The number of aromatic hydroxyl groups is 1. The van der Waals surface area contributed by atoms with Crippen LogP contribution in [-0.2, 0) is 9.47 Å². The van der Waals surface area contributed by atoms with Crippen LogP contribution in [0.4, 0.5) is 0 Å². The molecule has 0 aliphatic carbocycles. The number of benzene rings is 1. The first kappa shape index (κ1) is 15.8. The second kappa shape index (κ2) is 8.74. The molecule has 0 bridgehead atoms. The molecule has 1 atom stereocenters. The molecule has 1 rings (SSSR count). The third-order valence-electron chi connectivity index (χ3n) is 2.83. The van der Waals surface area contributed by atoms with E-state index in [0.717, 1.165) is 12.1 Å². The van der Waals surface area contributed by atoms with E-state index in [0.29, 0.717) is 25.6 Å². The Morgan fingerprint density at radius 3 is 2.63 bits per heavy atom. The van der Waals surface area contributed by atoms with Crippen LogP contribution in [0.15, 0.2) is 18.2 Å². The van der Waals surface area contributed by atoms with Gasteiger partial charge >= 0.3 is 0 Å². The molecule has 0 radical (unpaired) electrons. The molecule has 108 valence electrons. The van der Waals surface area contributed by atoms with Crippen molar-refractivity contribution in [2.45, 2.75) is 13.0 Å². The molecule has 1 unspecified atom stereocenters. The molecule has 5 heteroatoms. The predicted octanol–water partition coefficient (Wildman–Crippen LogP) is 1.71. The van der Waals surface area contributed by atoms with Crippen molar-refractivity contribution in [2.24, 2.45) is 0 Å². The van der Waals surface area contributed by atoms with Crippen LogP contribution in [0.5, 0.6) is 11.5 Å². The van der Waals surface area contributed by atoms with Crippen LogP contribution in [0.3, 0.4) is 0 Å². The van der Waals surface area contributed by atoms with Gasteiger partial charge in [0, 0.05) is 31.3 Å². The van der Waals surface area contributed by atoms with E-state index >= 15 is 0 Å². The van der Waals surface area contributed by atoms with Crippen molar-refractivity contribution >= 4 is 0 Å². The zero-order valence-corrected chi connectivity index (χ0v) is 11.8. The van der Waals surface area contributed by atoms with Crippen LogP contribution in [0.25, 0.3) is 0 Å². The Kier molecular flexibility index (Phi) is 7.25. The molecule has 0 fully saturated rings. The number of rotatable bonds is 9. The highest BCUT2D eigenvalue weighted by molar-refractivity contribution is 5.41. The van der Waals surface area contributed by atoms with Gasteiger partial charge in [-0.15, -0.1) is 0 Å². The fraction of sp³-hybridized carbons (Fsp3) is 0.571. The fourth-order valence-electron chi connectivity index (χ4n) is 1.72. The van der Waals surface area contributed by atoms with Gasteiger partial charge in [0.1, 0.15) is 11.5 Å². The van der Waals surface area contributed by atoms with E-state index in [4.69, 9.17) is 14.2 Å². The zero-order chi connectivity index (χ0) is 14.1. The second-order valence-electron chi connectivity index (χ2n) is 4.21. The minimum Gasteiger partial charge on any atom is -0.507 e. The normalized spacial score (nSPS) is 12.4. The standard InChI is InChI=1S/C14H23NO4/c1-11(15-6-7-19-9-8-17-2)13-5-4-12(18-3)10-14(13)16/h4-5,10-11,15-16H,6-9H2,1-3H3. The first-order valence-electron chi connectivity index (χ1n) is 6.36. The number of hydrogen-bond donors (Lipinski definition) is 2. The maximum absolute atomic E-state index is 9.90. The molecule has 0 aliphatic heterocycles. The van der Waals surface area contributed by atoms with E-state index in [9.17, 15) is 5.11 Å². The third-order valence-corrected chi connectivity index (χ3v) is 2.83. The third kappa shape index (κ3) is 5.46. The first-order chi connectivity index (χ1) is 9.19. The van der Waals surface area contributed by atoms with Crippen molar-refractivity contribution in [3.8, 4) is 11.5 Å². The molecule has 5 nitrogen and oxygen atoms in total. The van der Waals surface area contributed by atoms with Crippen molar-refractivity contribution < 1.29 is 19.3 Å². The quantitative estimate of drug-likeness (QED) is 0.668. The molecule has 19 heavy (non-hydrogen) atoms. The molecule has 2 N–H and O–H groups in total. The van der Waals surface area contributed by atoms with Crippen molar-refractivity contribution in [2.75, 3.05) is 40.6 Å². The van der Waals surface area contributed by atoms with Crippen molar-refractivity contribution in [1.29, 1.82) is 0 Å². The summed E-state index contributed by atoms with van der Waals surface area (Å²) in [6.45, 7) is 4.53. The number of hydrogen-bond acceptors (Lipinski definition) is 5. The number of phenols is 1. The molecule has 0 aromatic heterocycles. The molecule has 0 heterocycles. The van der Waals surface area contributed by atoms with Crippen LogP contribution >= 0.6 is 0 Å². The second-order valence-corrected chi connectivity index (χ2v) is 4.21. The lowest BCUT2D eigenvalue weighted by atomic mass is 10.1. The predicted molar refractivity (Wildman–Crippen MR) is 73.8 cm³/mol. The Bertz CT molecular complexity index is 370. The van der Waals surface area contributed by atoms with Crippen LogP contribution in [0.2, 0.25) is 0 Å². The summed E-state index contributed by atoms with van der Waals surface area (Å²) in [6.07, 6.45) is 0. The average molecular weight is 269 g/mol. The Morgan fingerprint density at radius 2 is 2.00 bits per heavy atom. The summed E-state index contributed by atoms with van der Waals surface area (Å²) >= 11 is 0. The van der Waals surface area contributed by atoms with Crippen molar-refractivity contribution in [1.82, 2.24) is 5.32 Å². The topological polar surface area (TPSA) is 60.0 Å². The minimum absolute atomic E-state index is 0.0527. The molecule has 0 spiro atoms. The Labute approximate surface area is 114 Å². The highest BCUT2D eigenvalue weighted by atomic mass is 16.5. The Balaban J connectivity index is 2.34. The van der Waals surface area contributed by atoms with Crippen LogP contribution in [-0.4, -0.2) is 45.7 Å². The summed E-state index contributed by atoms with van der Waals surface area (Å²) in [5.41, 5.74) is 0.845. The van der Waals surface area contributed by atoms with Gasteiger partial charge in [0.05, 0.1) is 26.9 Å². The van der Waals surface area contributed by atoms with Crippen LogP contribution in [0.1, 0.15) is 18.5 Å². The smallest absolute Gasteiger partial charge is 0.124 e.